The van der Waals surface area contributed by atoms with Crippen molar-refractivity contribution in [3.63, 3.8) is 0 Å². The van der Waals surface area contributed by atoms with Crippen molar-refractivity contribution in [2.75, 3.05) is 28.8 Å². The molecule has 0 unspecified atom stereocenters. The number of hydrogen-bond donors (Lipinski definition) is 1. The molecule has 0 bridgehead atoms. The maximum absolute atomic E-state index is 12.0. The molecule has 0 aliphatic rings. The van der Waals surface area contributed by atoms with Gasteiger partial charge >= 0.3 is 0 Å². The maximum atomic E-state index is 12.0. The van der Waals surface area contributed by atoms with E-state index in [1.807, 2.05) is 30.3 Å². The molecule has 21 heavy (non-hydrogen) atoms. The van der Waals surface area contributed by atoms with Crippen molar-refractivity contribution in [1.82, 2.24) is 4.98 Å². The molecule has 1 N–H and O–H groups in total. The average molecular weight is 321 g/mol. The van der Waals surface area contributed by atoms with Crippen LogP contribution in [0, 0.1) is 0 Å². The number of thiazole rings is 1. The maximum Gasteiger partial charge on any atom is 0.236 e. The minimum atomic E-state index is -0.148. The van der Waals surface area contributed by atoms with Crippen molar-refractivity contribution in [3.8, 4) is 0 Å². The average Bonchev–Trinajstić information content (AvgIpc) is 3.00. The van der Waals surface area contributed by atoms with Crippen LogP contribution in [0.5, 0.6) is 0 Å². The summed E-state index contributed by atoms with van der Waals surface area (Å²) in [6.45, 7) is 0. The van der Waals surface area contributed by atoms with Crippen LogP contribution >= 0.6 is 23.1 Å². The summed E-state index contributed by atoms with van der Waals surface area (Å²) in [5.41, 5.74) is 0.843. The Bertz CT molecular complexity index is 588. The Hall–Kier alpha value is -1.86. The fourth-order valence-corrected chi connectivity index (χ4v) is 2.84. The van der Waals surface area contributed by atoms with Crippen LogP contribution in [0.1, 0.15) is 0 Å². The summed E-state index contributed by atoms with van der Waals surface area (Å²) >= 11 is 2.65. The van der Waals surface area contributed by atoms with E-state index in [9.17, 15) is 9.59 Å². The fourth-order valence-electron chi connectivity index (χ4n) is 1.56. The standard InChI is InChI=1S/C14H15N3O2S2/c1-17(11-5-3-2-4-6-11)13(19)10-20-9-12(18)16-14-15-7-8-21-14/h2-8H,9-10H2,1H3,(H,15,16,18). The number of carbonyl (C=O) groups excluding carboxylic acids is 2. The zero-order chi connectivity index (χ0) is 15.1. The molecule has 0 saturated carbocycles. The van der Waals surface area contributed by atoms with Crippen LogP contribution in [0.25, 0.3) is 0 Å². The summed E-state index contributed by atoms with van der Waals surface area (Å²) in [5, 5.41) is 5.05. The number of aromatic nitrogens is 1. The lowest BCUT2D eigenvalue weighted by atomic mass is 10.3. The predicted molar refractivity (Wildman–Crippen MR) is 87.9 cm³/mol. The number of hydrogen-bond acceptors (Lipinski definition) is 5. The van der Waals surface area contributed by atoms with E-state index in [-0.39, 0.29) is 23.3 Å². The summed E-state index contributed by atoms with van der Waals surface area (Å²) in [6, 6.07) is 9.41. The van der Waals surface area contributed by atoms with Crippen LogP contribution < -0.4 is 10.2 Å². The topological polar surface area (TPSA) is 62.3 Å². The molecule has 5 nitrogen and oxygen atoms in total. The quantitative estimate of drug-likeness (QED) is 0.888. The third kappa shape index (κ3) is 4.87. The van der Waals surface area contributed by atoms with Gasteiger partial charge in [-0.15, -0.1) is 23.1 Å². The van der Waals surface area contributed by atoms with E-state index in [0.717, 1.165) is 5.69 Å². The van der Waals surface area contributed by atoms with Crippen molar-refractivity contribution in [2.45, 2.75) is 0 Å². The van der Waals surface area contributed by atoms with Crippen LogP contribution in [0.15, 0.2) is 41.9 Å². The lowest BCUT2D eigenvalue weighted by molar-refractivity contribution is -0.115. The van der Waals surface area contributed by atoms with Crippen molar-refractivity contribution < 1.29 is 9.59 Å². The monoisotopic (exact) mass is 321 g/mol. The molecule has 0 spiro atoms. The summed E-state index contributed by atoms with van der Waals surface area (Å²) in [6.07, 6.45) is 1.63. The highest BCUT2D eigenvalue weighted by Gasteiger charge is 2.12. The molecular weight excluding hydrogens is 306 g/mol. The highest BCUT2D eigenvalue weighted by molar-refractivity contribution is 8.00. The van der Waals surface area contributed by atoms with Crippen LogP contribution in [-0.4, -0.2) is 35.4 Å². The van der Waals surface area contributed by atoms with Gasteiger partial charge in [0.1, 0.15) is 0 Å². The zero-order valence-electron chi connectivity index (χ0n) is 11.5. The predicted octanol–water partition coefficient (Wildman–Crippen LogP) is 2.48. The van der Waals surface area contributed by atoms with Gasteiger partial charge in [-0.2, -0.15) is 0 Å². The molecule has 2 rings (SSSR count). The van der Waals surface area contributed by atoms with Gasteiger partial charge in [0.05, 0.1) is 11.5 Å². The van der Waals surface area contributed by atoms with Gasteiger partial charge in [-0.1, -0.05) is 18.2 Å². The van der Waals surface area contributed by atoms with Crippen molar-refractivity contribution in [3.05, 3.63) is 41.9 Å². The number of anilines is 2. The molecule has 2 amide bonds. The van der Waals surface area contributed by atoms with E-state index in [1.165, 1.54) is 23.1 Å². The number of nitrogens with one attached hydrogen (secondary N) is 1. The van der Waals surface area contributed by atoms with E-state index >= 15 is 0 Å². The number of rotatable bonds is 6. The SMILES string of the molecule is CN(C(=O)CSCC(=O)Nc1nccs1)c1ccccc1. The number of carbonyl (C=O) groups is 2. The third-order valence-corrected chi connectivity index (χ3v) is 4.26. The highest BCUT2D eigenvalue weighted by Crippen LogP contribution is 2.14. The third-order valence-electron chi connectivity index (χ3n) is 2.65. The van der Waals surface area contributed by atoms with Crippen LogP contribution in [0.3, 0.4) is 0 Å². The van der Waals surface area contributed by atoms with Gasteiger partial charge in [0.2, 0.25) is 11.8 Å². The lowest BCUT2D eigenvalue weighted by Gasteiger charge is -2.16. The lowest BCUT2D eigenvalue weighted by Crippen LogP contribution is -2.28. The van der Waals surface area contributed by atoms with E-state index in [1.54, 1.807) is 23.5 Å². The van der Waals surface area contributed by atoms with Gasteiger partial charge in [0.15, 0.2) is 5.13 Å². The second-order valence-electron chi connectivity index (χ2n) is 4.17. The molecule has 1 aromatic carbocycles. The Morgan fingerprint density at radius 3 is 2.71 bits per heavy atom. The molecule has 0 aliphatic carbocycles. The second kappa shape index (κ2) is 7.80. The second-order valence-corrected chi connectivity index (χ2v) is 6.05. The fraction of sp³-hybridized carbons (Fsp3) is 0.214. The van der Waals surface area contributed by atoms with Crippen LogP contribution in [0.2, 0.25) is 0 Å². The minimum Gasteiger partial charge on any atom is -0.315 e. The summed E-state index contributed by atoms with van der Waals surface area (Å²) in [4.78, 5) is 29.2. The first-order valence-corrected chi connectivity index (χ1v) is 8.29. The number of para-hydroxylation sites is 1. The first-order valence-electron chi connectivity index (χ1n) is 6.25. The van der Waals surface area contributed by atoms with E-state index in [4.69, 9.17) is 0 Å². The Morgan fingerprint density at radius 1 is 1.29 bits per heavy atom. The van der Waals surface area contributed by atoms with Crippen LogP contribution in [-0.2, 0) is 9.59 Å². The summed E-state index contributed by atoms with van der Waals surface area (Å²) < 4.78 is 0. The van der Waals surface area contributed by atoms with Gasteiger partial charge in [-0.3, -0.25) is 9.59 Å². The molecule has 1 aromatic heterocycles. The van der Waals surface area contributed by atoms with Crippen molar-refractivity contribution in [2.24, 2.45) is 0 Å². The molecule has 1 heterocycles. The molecular formula is C14H15N3O2S2. The smallest absolute Gasteiger partial charge is 0.236 e. The molecule has 0 aliphatic heterocycles. The molecule has 0 saturated heterocycles. The van der Waals surface area contributed by atoms with Crippen molar-refractivity contribution in [1.29, 1.82) is 0 Å². The first kappa shape index (κ1) is 15.5. The zero-order valence-corrected chi connectivity index (χ0v) is 13.1. The summed E-state index contributed by atoms with van der Waals surface area (Å²) in [7, 11) is 1.73. The van der Waals surface area contributed by atoms with Gasteiger partial charge in [0, 0.05) is 24.3 Å². The summed E-state index contributed by atoms with van der Waals surface area (Å²) in [5.74, 6) is 0.309. The van der Waals surface area contributed by atoms with Gasteiger partial charge in [0.25, 0.3) is 0 Å². The Morgan fingerprint density at radius 2 is 2.05 bits per heavy atom. The molecule has 0 atom stereocenters. The van der Waals surface area contributed by atoms with Crippen LogP contribution in [0.4, 0.5) is 10.8 Å². The minimum absolute atomic E-state index is 0.0340. The normalized spacial score (nSPS) is 10.1. The number of nitrogens with zero attached hydrogens (tertiary/aromatic N) is 2. The van der Waals surface area contributed by atoms with Gasteiger partial charge < -0.3 is 10.2 Å². The molecule has 110 valence electrons. The number of benzene rings is 1. The van der Waals surface area contributed by atoms with E-state index in [0.29, 0.717) is 5.13 Å². The Kier molecular flexibility index (Phi) is 5.77. The molecule has 0 radical (unpaired) electrons. The van der Waals surface area contributed by atoms with Gasteiger partial charge in [-0.05, 0) is 12.1 Å². The first-order chi connectivity index (χ1) is 10.2. The number of thioether (sulfide) groups is 1. The largest absolute Gasteiger partial charge is 0.315 e. The Balaban J connectivity index is 1.73. The van der Waals surface area contributed by atoms with E-state index < -0.39 is 0 Å². The molecule has 7 heteroatoms. The van der Waals surface area contributed by atoms with E-state index in [2.05, 4.69) is 10.3 Å². The molecule has 2 aromatic rings. The molecule has 0 fully saturated rings. The van der Waals surface area contributed by atoms with Crippen molar-refractivity contribution >= 4 is 45.7 Å². The highest BCUT2D eigenvalue weighted by atomic mass is 32.2. The van der Waals surface area contributed by atoms with Gasteiger partial charge in [-0.25, -0.2) is 4.98 Å². The Labute approximate surface area is 131 Å². The number of amides is 2.